The molecule has 0 unspecified atom stereocenters. The van der Waals surface area contributed by atoms with Gasteiger partial charge in [0.05, 0.1) is 12.1 Å². The van der Waals surface area contributed by atoms with E-state index in [0.29, 0.717) is 6.04 Å². The van der Waals surface area contributed by atoms with Crippen LogP contribution in [-0.4, -0.2) is 22.4 Å². The van der Waals surface area contributed by atoms with Gasteiger partial charge in [-0.2, -0.15) is 0 Å². The van der Waals surface area contributed by atoms with E-state index in [2.05, 4.69) is 11.4 Å². The van der Waals surface area contributed by atoms with Crippen LogP contribution in [0.2, 0.25) is 0 Å². The molecule has 0 radical (unpaired) electrons. The molecule has 2 aliphatic carbocycles. The number of nitrogens with two attached hydrogens (primary N) is 1. The van der Waals surface area contributed by atoms with Crippen molar-refractivity contribution < 1.29 is 4.79 Å². The van der Waals surface area contributed by atoms with E-state index < -0.39 is 5.54 Å². The Kier molecular flexibility index (Phi) is 2.71. The van der Waals surface area contributed by atoms with Crippen molar-refractivity contribution >= 4 is 17.2 Å². The van der Waals surface area contributed by atoms with Crippen LogP contribution >= 0.6 is 11.3 Å². The van der Waals surface area contributed by atoms with Gasteiger partial charge in [-0.05, 0) is 43.6 Å². The molecule has 1 amide bonds. The first-order chi connectivity index (χ1) is 8.19. The van der Waals surface area contributed by atoms with Gasteiger partial charge in [-0.15, -0.1) is 11.3 Å². The zero-order chi connectivity index (χ0) is 11.9. The Balaban J connectivity index is 1.73. The molecule has 2 saturated carbocycles. The quantitative estimate of drug-likeness (QED) is 0.889. The van der Waals surface area contributed by atoms with Crippen LogP contribution in [-0.2, 0) is 11.3 Å². The van der Waals surface area contributed by atoms with Gasteiger partial charge in [0.1, 0.15) is 0 Å². The Morgan fingerprint density at radius 3 is 2.76 bits per heavy atom. The number of hydrogen-bond acceptors (Lipinski definition) is 3. The first-order valence-corrected chi connectivity index (χ1v) is 7.19. The molecule has 4 heteroatoms. The molecular weight excluding hydrogens is 232 g/mol. The molecule has 92 valence electrons. The second kappa shape index (κ2) is 4.10. The van der Waals surface area contributed by atoms with Crippen molar-refractivity contribution in [1.82, 2.24) is 4.90 Å². The Hall–Kier alpha value is -0.870. The van der Waals surface area contributed by atoms with E-state index in [1.165, 1.54) is 4.88 Å². The standard InChI is InChI=1S/C13H18N2OS/c14-13(6-2-7-13)12(16)15(10-4-5-10)9-11-3-1-8-17-11/h1,3,8,10H,2,4-7,9,14H2. The second-order valence-electron chi connectivity index (χ2n) is 5.25. The molecule has 0 aliphatic heterocycles. The zero-order valence-corrected chi connectivity index (χ0v) is 10.7. The number of hydrogen-bond donors (Lipinski definition) is 1. The number of carbonyl (C=O) groups is 1. The van der Waals surface area contributed by atoms with Gasteiger partial charge in [0, 0.05) is 10.9 Å². The Morgan fingerprint density at radius 1 is 1.53 bits per heavy atom. The minimum atomic E-state index is -0.542. The van der Waals surface area contributed by atoms with Crippen LogP contribution in [0.25, 0.3) is 0 Å². The molecule has 3 nitrogen and oxygen atoms in total. The summed E-state index contributed by atoms with van der Waals surface area (Å²) in [4.78, 5) is 15.7. The number of rotatable bonds is 4. The minimum absolute atomic E-state index is 0.180. The molecule has 0 atom stereocenters. The van der Waals surface area contributed by atoms with Gasteiger partial charge in [0.15, 0.2) is 0 Å². The maximum absolute atomic E-state index is 12.5. The summed E-state index contributed by atoms with van der Waals surface area (Å²) in [5.74, 6) is 0.180. The summed E-state index contributed by atoms with van der Waals surface area (Å²) in [5.41, 5.74) is 5.61. The van der Waals surface area contributed by atoms with Crippen molar-refractivity contribution in [2.75, 3.05) is 0 Å². The molecule has 3 rings (SSSR count). The van der Waals surface area contributed by atoms with Crippen LogP contribution in [0, 0.1) is 0 Å². The Labute approximate surface area is 106 Å². The predicted molar refractivity (Wildman–Crippen MR) is 68.7 cm³/mol. The van der Waals surface area contributed by atoms with Crippen LogP contribution in [0.1, 0.15) is 37.0 Å². The van der Waals surface area contributed by atoms with Crippen molar-refractivity contribution in [3.8, 4) is 0 Å². The van der Waals surface area contributed by atoms with Crippen LogP contribution in [0.4, 0.5) is 0 Å². The number of nitrogens with zero attached hydrogens (tertiary/aromatic N) is 1. The summed E-state index contributed by atoms with van der Waals surface area (Å²) in [6.45, 7) is 0.750. The van der Waals surface area contributed by atoms with Gasteiger partial charge < -0.3 is 10.6 Å². The van der Waals surface area contributed by atoms with Gasteiger partial charge in [-0.3, -0.25) is 4.79 Å². The summed E-state index contributed by atoms with van der Waals surface area (Å²) in [6.07, 6.45) is 5.11. The first kappa shape index (κ1) is 11.2. The van der Waals surface area contributed by atoms with Crippen LogP contribution in [0.15, 0.2) is 17.5 Å². The summed E-state index contributed by atoms with van der Waals surface area (Å²) in [7, 11) is 0. The molecule has 1 aromatic rings. The van der Waals surface area contributed by atoms with Gasteiger partial charge in [-0.1, -0.05) is 6.07 Å². The van der Waals surface area contributed by atoms with Crippen LogP contribution in [0.3, 0.4) is 0 Å². The van der Waals surface area contributed by atoms with Gasteiger partial charge in [-0.25, -0.2) is 0 Å². The Morgan fingerprint density at radius 2 is 2.29 bits per heavy atom. The summed E-state index contributed by atoms with van der Waals surface area (Å²) >= 11 is 1.72. The molecule has 1 heterocycles. The molecule has 0 aromatic carbocycles. The lowest BCUT2D eigenvalue weighted by atomic mass is 9.76. The smallest absolute Gasteiger partial charge is 0.243 e. The van der Waals surface area contributed by atoms with E-state index in [-0.39, 0.29) is 5.91 Å². The fraction of sp³-hybridized carbons (Fsp3) is 0.615. The molecule has 0 saturated heterocycles. The molecule has 1 aromatic heterocycles. The molecule has 2 N–H and O–H groups in total. The zero-order valence-electron chi connectivity index (χ0n) is 9.89. The highest BCUT2D eigenvalue weighted by Gasteiger charge is 2.46. The molecular formula is C13H18N2OS. The van der Waals surface area contributed by atoms with Crippen LogP contribution in [0.5, 0.6) is 0 Å². The van der Waals surface area contributed by atoms with Crippen molar-refractivity contribution in [3.63, 3.8) is 0 Å². The fourth-order valence-corrected chi connectivity index (χ4v) is 3.08. The lowest BCUT2D eigenvalue weighted by Gasteiger charge is -2.40. The average Bonchev–Trinajstić information content (AvgIpc) is 2.99. The highest BCUT2D eigenvalue weighted by Crippen LogP contribution is 2.36. The number of amides is 1. The first-order valence-electron chi connectivity index (χ1n) is 6.31. The van der Waals surface area contributed by atoms with Gasteiger partial charge in [0.25, 0.3) is 0 Å². The predicted octanol–water partition coefficient (Wildman–Crippen LogP) is 2.12. The average molecular weight is 250 g/mol. The monoisotopic (exact) mass is 250 g/mol. The topological polar surface area (TPSA) is 46.3 Å². The van der Waals surface area contributed by atoms with Gasteiger partial charge >= 0.3 is 0 Å². The number of thiophene rings is 1. The van der Waals surface area contributed by atoms with E-state index in [0.717, 1.165) is 38.6 Å². The fourth-order valence-electron chi connectivity index (χ4n) is 2.38. The maximum Gasteiger partial charge on any atom is 0.243 e. The third-order valence-corrected chi connectivity index (χ3v) is 4.69. The highest BCUT2D eigenvalue weighted by atomic mass is 32.1. The number of carbonyl (C=O) groups excluding carboxylic acids is 1. The molecule has 2 fully saturated rings. The van der Waals surface area contributed by atoms with E-state index in [1.807, 2.05) is 11.0 Å². The van der Waals surface area contributed by atoms with Crippen molar-refractivity contribution in [1.29, 1.82) is 0 Å². The Bertz CT molecular complexity index is 407. The maximum atomic E-state index is 12.5. The second-order valence-corrected chi connectivity index (χ2v) is 6.29. The van der Waals surface area contributed by atoms with E-state index >= 15 is 0 Å². The summed E-state index contributed by atoms with van der Waals surface area (Å²) in [6, 6.07) is 4.58. The van der Waals surface area contributed by atoms with E-state index in [1.54, 1.807) is 11.3 Å². The van der Waals surface area contributed by atoms with Crippen molar-refractivity contribution in [2.24, 2.45) is 5.73 Å². The molecule has 0 spiro atoms. The normalized spacial score (nSPS) is 21.9. The van der Waals surface area contributed by atoms with E-state index in [9.17, 15) is 4.79 Å². The highest BCUT2D eigenvalue weighted by molar-refractivity contribution is 7.09. The SMILES string of the molecule is NC1(C(=O)N(Cc2cccs2)C2CC2)CCC1. The lowest BCUT2D eigenvalue weighted by Crippen LogP contribution is -2.59. The lowest BCUT2D eigenvalue weighted by molar-refractivity contribution is -0.141. The third-order valence-electron chi connectivity index (χ3n) is 3.83. The van der Waals surface area contributed by atoms with Crippen molar-refractivity contribution in [3.05, 3.63) is 22.4 Å². The van der Waals surface area contributed by atoms with Crippen LogP contribution < -0.4 is 5.73 Å². The third kappa shape index (κ3) is 2.11. The van der Waals surface area contributed by atoms with Crippen molar-refractivity contribution in [2.45, 2.75) is 50.2 Å². The van der Waals surface area contributed by atoms with E-state index in [4.69, 9.17) is 5.73 Å². The molecule has 17 heavy (non-hydrogen) atoms. The van der Waals surface area contributed by atoms with Gasteiger partial charge in [0.2, 0.25) is 5.91 Å². The molecule has 0 bridgehead atoms. The largest absolute Gasteiger partial charge is 0.333 e. The molecule has 2 aliphatic rings. The minimum Gasteiger partial charge on any atom is -0.333 e. The summed E-state index contributed by atoms with van der Waals surface area (Å²) < 4.78 is 0. The summed E-state index contributed by atoms with van der Waals surface area (Å²) in [5, 5.41) is 2.06.